The largest absolute Gasteiger partial charge is 0.422 e. The number of carbonyl (C=O) groups is 3. The number of rotatable bonds is 5. The van der Waals surface area contributed by atoms with Crippen LogP contribution in [0.15, 0.2) is 90.0 Å². The summed E-state index contributed by atoms with van der Waals surface area (Å²) in [6, 6.07) is 22.8. The Hall–Kier alpha value is -4.85. The zero-order valence-electron chi connectivity index (χ0n) is 18.6. The SMILES string of the molecule is Cc1ccc(C(=O)Oc2ccc3ccccc3c2/C=N/NC(=O)C(=O)Nc2ccc(F)cc2)cc1. The lowest BCUT2D eigenvalue weighted by molar-refractivity contribution is -0.136. The number of aryl methyl sites for hydroxylation is 1. The van der Waals surface area contributed by atoms with E-state index in [0.717, 1.165) is 28.5 Å². The van der Waals surface area contributed by atoms with E-state index in [9.17, 15) is 18.8 Å². The van der Waals surface area contributed by atoms with Gasteiger partial charge in [0.05, 0.1) is 11.8 Å². The van der Waals surface area contributed by atoms with Crippen LogP contribution in [0.5, 0.6) is 5.75 Å². The Morgan fingerprint density at radius 3 is 2.31 bits per heavy atom. The summed E-state index contributed by atoms with van der Waals surface area (Å²) in [6.07, 6.45) is 1.31. The van der Waals surface area contributed by atoms with Crippen molar-refractivity contribution in [3.05, 3.63) is 107 Å². The second-order valence-electron chi connectivity index (χ2n) is 7.61. The van der Waals surface area contributed by atoms with Gasteiger partial charge in [0.15, 0.2) is 0 Å². The zero-order chi connectivity index (χ0) is 24.8. The number of amides is 2. The number of ether oxygens (including phenoxy) is 1. The molecule has 7 nitrogen and oxygen atoms in total. The van der Waals surface area contributed by atoms with E-state index in [-0.39, 0.29) is 11.4 Å². The number of esters is 1. The molecule has 4 aromatic rings. The Morgan fingerprint density at radius 2 is 1.57 bits per heavy atom. The molecule has 2 amide bonds. The van der Waals surface area contributed by atoms with Crippen molar-refractivity contribution in [1.29, 1.82) is 0 Å². The number of hydrazone groups is 1. The fraction of sp³-hybridized carbons (Fsp3) is 0.0370. The summed E-state index contributed by atoms with van der Waals surface area (Å²) in [5.41, 5.74) is 4.26. The van der Waals surface area contributed by atoms with Crippen LogP contribution in [0, 0.1) is 12.7 Å². The molecule has 0 aliphatic rings. The number of fused-ring (bicyclic) bond motifs is 1. The lowest BCUT2D eigenvalue weighted by atomic mass is 10.0. The van der Waals surface area contributed by atoms with Gasteiger partial charge in [-0.05, 0) is 60.2 Å². The monoisotopic (exact) mass is 469 g/mol. The first-order chi connectivity index (χ1) is 16.9. The van der Waals surface area contributed by atoms with Gasteiger partial charge < -0.3 is 10.1 Å². The van der Waals surface area contributed by atoms with Crippen molar-refractivity contribution in [2.24, 2.45) is 5.10 Å². The van der Waals surface area contributed by atoms with Gasteiger partial charge in [-0.3, -0.25) is 9.59 Å². The third-order valence-electron chi connectivity index (χ3n) is 5.09. The molecular formula is C27H20FN3O4. The molecule has 4 rings (SSSR count). The van der Waals surface area contributed by atoms with E-state index in [1.54, 1.807) is 24.3 Å². The summed E-state index contributed by atoms with van der Waals surface area (Å²) >= 11 is 0. The molecule has 0 atom stereocenters. The lowest BCUT2D eigenvalue weighted by Crippen LogP contribution is -2.32. The molecule has 0 heterocycles. The molecule has 0 saturated heterocycles. The van der Waals surface area contributed by atoms with Crippen molar-refractivity contribution in [1.82, 2.24) is 5.43 Å². The van der Waals surface area contributed by atoms with Crippen LogP contribution in [0.3, 0.4) is 0 Å². The van der Waals surface area contributed by atoms with Gasteiger partial charge in [-0.15, -0.1) is 0 Å². The van der Waals surface area contributed by atoms with E-state index in [0.29, 0.717) is 11.1 Å². The molecule has 0 fully saturated rings. The number of anilines is 1. The second-order valence-corrected chi connectivity index (χ2v) is 7.61. The maximum Gasteiger partial charge on any atom is 0.343 e. The highest BCUT2D eigenvalue weighted by molar-refractivity contribution is 6.39. The maximum atomic E-state index is 13.0. The Labute approximate surface area is 200 Å². The molecule has 0 unspecified atom stereocenters. The quantitative estimate of drug-likeness (QED) is 0.147. The minimum Gasteiger partial charge on any atom is -0.422 e. The molecule has 8 heteroatoms. The minimum atomic E-state index is -1.02. The fourth-order valence-electron chi connectivity index (χ4n) is 3.27. The van der Waals surface area contributed by atoms with Crippen LogP contribution in [0.1, 0.15) is 21.5 Å². The molecule has 0 aliphatic heterocycles. The van der Waals surface area contributed by atoms with Crippen molar-refractivity contribution in [3.63, 3.8) is 0 Å². The van der Waals surface area contributed by atoms with E-state index < -0.39 is 23.6 Å². The lowest BCUT2D eigenvalue weighted by Gasteiger charge is -2.11. The van der Waals surface area contributed by atoms with Crippen molar-refractivity contribution >= 4 is 40.5 Å². The van der Waals surface area contributed by atoms with Gasteiger partial charge in [0.2, 0.25) is 0 Å². The molecule has 0 saturated carbocycles. The molecule has 4 aromatic carbocycles. The Balaban J connectivity index is 1.53. The van der Waals surface area contributed by atoms with E-state index in [4.69, 9.17) is 4.74 Å². The smallest absolute Gasteiger partial charge is 0.343 e. The summed E-state index contributed by atoms with van der Waals surface area (Å²) in [7, 11) is 0. The predicted octanol–water partition coefficient (Wildman–Crippen LogP) is 4.60. The highest BCUT2D eigenvalue weighted by atomic mass is 19.1. The van der Waals surface area contributed by atoms with Crippen molar-refractivity contribution in [2.75, 3.05) is 5.32 Å². The zero-order valence-corrected chi connectivity index (χ0v) is 18.6. The number of nitrogens with one attached hydrogen (secondary N) is 2. The van der Waals surface area contributed by atoms with Gasteiger partial charge in [0.1, 0.15) is 11.6 Å². The highest BCUT2D eigenvalue weighted by Crippen LogP contribution is 2.27. The minimum absolute atomic E-state index is 0.239. The van der Waals surface area contributed by atoms with Crippen LogP contribution in [0.4, 0.5) is 10.1 Å². The average Bonchev–Trinajstić information content (AvgIpc) is 2.86. The predicted molar refractivity (Wildman–Crippen MR) is 131 cm³/mol. The number of benzene rings is 4. The molecule has 174 valence electrons. The molecule has 2 N–H and O–H groups in total. The number of carbonyl (C=O) groups excluding carboxylic acids is 3. The van der Waals surface area contributed by atoms with Crippen LogP contribution >= 0.6 is 0 Å². The number of nitrogens with zero attached hydrogens (tertiary/aromatic N) is 1. The fourth-order valence-corrected chi connectivity index (χ4v) is 3.27. The van der Waals surface area contributed by atoms with Gasteiger partial charge in [0.25, 0.3) is 0 Å². The van der Waals surface area contributed by atoms with Gasteiger partial charge in [-0.2, -0.15) is 5.10 Å². The number of hydrogen-bond donors (Lipinski definition) is 2. The summed E-state index contributed by atoms with van der Waals surface area (Å²) < 4.78 is 18.6. The van der Waals surface area contributed by atoms with Crippen LogP contribution in [0.25, 0.3) is 10.8 Å². The summed E-state index contributed by atoms with van der Waals surface area (Å²) in [5, 5.41) is 7.83. The summed E-state index contributed by atoms with van der Waals surface area (Å²) in [5.74, 6) is -2.77. The van der Waals surface area contributed by atoms with Crippen LogP contribution < -0.4 is 15.5 Å². The Morgan fingerprint density at radius 1 is 0.857 bits per heavy atom. The van der Waals surface area contributed by atoms with Gasteiger partial charge in [-0.25, -0.2) is 14.6 Å². The highest BCUT2D eigenvalue weighted by Gasteiger charge is 2.15. The van der Waals surface area contributed by atoms with Crippen LogP contribution in [-0.4, -0.2) is 24.0 Å². The van der Waals surface area contributed by atoms with Crippen molar-refractivity contribution in [3.8, 4) is 5.75 Å². The first-order valence-corrected chi connectivity index (χ1v) is 10.6. The maximum absolute atomic E-state index is 13.0. The molecular weight excluding hydrogens is 449 g/mol. The Kier molecular flexibility index (Phi) is 6.92. The topological polar surface area (TPSA) is 96.9 Å². The standard InChI is InChI=1S/C27H20FN3O4/c1-17-6-8-19(9-7-17)27(34)35-24-15-10-18-4-2-3-5-22(18)23(24)16-29-31-26(33)25(32)30-21-13-11-20(28)12-14-21/h2-16H,1H3,(H,30,32)(H,31,33)/b29-16+. The molecule has 0 aromatic heterocycles. The van der Waals surface area contributed by atoms with Gasteiger partial charge >= 0.3 is 17.8 Å². The third-order valence-corrected chi connectivity index (χ3v) is 5.09. The third kappa shape index (κ3) is 5.75. The molecule has 0 radical (unpaired) electrons. The van der Waals surface area contributed by atoms with Crippen molar-refractivity contribution in [2.45, 2.75) is 6.92 Å². The van der Waals surface area contributed by atoms with E-state index in [1.165, 1.54) is 18.3 Å². The first-order valence-electron chi connectivity index (χ1n) is 10.6. The van der Waals surface area contributed by atoms with Crippen molar-refractivity contribution < 1.29 is 23.5 Å². The summed E-state index contributed by atoms with van der Waals surface area (Å²) in [6.45, 7) is 1.92. The molecule has 35 heavy (non-hydrogen) atoms. The Bertz CT molecular complexity index is 1430. The summed E-state index contributed by atoms with van der Waals surface area (Å²) in [4.78, 5) is 36.9. The number of hydrogen-bond acceptors (Lipinski definition) is 5. The van der Waals surface area contributed by atoms with Gasteiger partial charge in [0, 0.05) is 11.3 Å². The molecule has 0 aliphatic carbocycles. The molecule has 0 spiro atoms. The van der Waals surface area contributed by atoms with E-state index >= 15 is 0 Å². The van der Waals surface area contributed by atoms with Crippen LogP contribution in [-0.2, 0) is 9.59 Å². The molecule has 0 bridgehead atoms. The number of halogens is 1. The van der Waals surface area contributed by atoms with Gasteiger partial charge in [-0.1, -0.05) is 48.0 Å². The normalized spacial score (nSPS) is 10.8. The second kappa shape index (κ2) is 10.4. The van der Waals surface area contributed by atoms with E-state index in [2.05, 4.69) is 15.8 Å². The van der Waals surface area contributed by atoms with Crippen LogP contribution in [0.2, 0.25) is 0 Å². The van der Waals surface area contributed by atoms with E-state index in [1.807, 2.05) is 43.3 Å². The average molecular weight is 469 g/mol. The first kappa shape index (κ1) is 23.3.